The highest BCUT2D eigenvalue weighted by Gasteiger charge is 2.10. The largest absolute Gasteiger partial charge is 0.494 e. The summed E-state index contributed by atoms with van der Waals surface area (Å²) >= 11 is 0. The Morgan fingerprint density at radius 3 is 2.89 bits per heavy atom. The minimum atomic E-state index is 0.792. The Hall–Kier alpha value is -2.29. The first kappa shape index (κ1) is 10.8. The van der Waals surface area contributed by atoms with Crippen LogP contribution >= 0.6 is 0 Å². The Balaban J connectivity index is 2.28. The molecule has 1 aromatic carbocycles. The first-order chi connectivity index (χ1) is 8.79. The average Bonchev–Trinajstić information content (AvgIpc) is 2.81. The van der Waals surface area contributed by atoms with E-state index in [1.807, 2.05) is 12.3 Å². The van der Waals surface area contributed by atoms with Crippen molar-refractivity contribution in [3.8, 4) is 16.9 Å². The van der Waals surface area contributed by atoms with Gasteiger partial charge in [0.25, 0.3) is 0 Å². The van der Waals surface area contributed by atoms with E-state index in [-0.39, 0.29) is 0 Å². The summed E-state index contributed by atoms with van der Waals surface area (Å²) in [5, 5.41) is 1.21. The van der Waals surface area contributed by atoms with Crippen LogP contribution in [-0.2, 0) is 0 Å². The Morgan fingerprint density at radius 2 is 2.06 bits per heavy atom. The van der Waals surface area contributed by atoms with Gasteiger partial charge in [0.2, 0.25) is 0 Å². The summed E-state index contributed by atoms with van der Waals surface area (Å²) in [4.78, 5) is 7.38. The fourth-order valence-corrected chi connectivity index (χ4v) is 2.22. The average molecular weight is 238 g/mol. The molecule has 90 valence electrons. The van der Waals surface area contributed by atoms with Crippen LogP contribution in [0.1, 0.15) is 5.56 Å². The topological polar surface area (TPSA) is 37.9 Å². The van der Waals surface area contributed by atoms with Crippen LogP contribution in [0.4, 0.5) is 0 Å². The molecule has 0 radical (unpaired) electrons. The van der Waals surface area contributed by atoms with E-state index in [0.29, 0.717) is 0 Å². The summed E-state index contributed by atoms with van der Waals surface area (Å²) < 4.78 is 5.37. The normalized spacial score (nSPS) is 10.8. The molecule has 0 atom stereocenters. The number of aromatic nitrogens is 2. The Bertz CT molecular complexity index is 701. The van der Waals surface area contributed by atoms with Crippen LogP contribution in [-0.4, -0.2) is 17.1 Å². The molecule has 1 N–H and O–H groups in total. The molecule has 0 saturated carbocycles. The zero-order valence-corrected chi connectivity index (χ0v) is 10.4. The number of aryl methyl sites for hydroxylation is 1. The molecule has 2 aromatic heterocycles. The molecule has 3 rings (SSSR count). The fourth-order valence-electron chi connectivity index (χ4n) is 2.22. The van der Waals surface area contributed by atoms with Crippen LogP contribution < -0.4 is 4.74 Å². The highest BCUT2D eigenvalue weighted by molar-refractivity contribution is 5.97. The first-order valence-corrected chi connectivity index (χ1v) is 5.85. The highest BCUT2D eigenvalue weighted by Crippen LogP contribution is 2.34. The fraction of sp³-hybridized carbons (Fsp3) is 0.133. The molecule has 0 aliphatic heterocycles. The molecule has 0 spiro atoms. The van der Waals surface area contributed by atoms with E-state index in [1.54, 1.807) is 19.5 Å². The van der Waals surface area contributed by atoms with Crippen LogP contribution in [0.25, 0.3) is 22.0 Å². The Kier molecular flexibility index (Phi) is 2.52. The van der Waals surface area contributed by atoms with Crippen molar-refractivity contribution >= 4 is 10.9 Å². The lowest BCUT2D eigenvalue weighted by Crippen LogP contribution is -1.88. The molecule has 3 aromatic rings. The second-order valence-corrected chi connectivity index (χ2v) is 4.33. The van der Waals surface area contributed by atoms with Gasteiger partial charge >= 0.3 is 0 Å². The first-order valence-electron chi connectivity index (χ1n) is 5.85. The number of rotatable bonds is 2. The maximum Gasteiger partial charge on any atom is 0.145 e. The van der Waals surface area contributed by atoms with Crippen molar-refractivity contribution in [2.45, 2.75) is 6.92 Å². The number of ether oxygens (including phenoxy) is 1. The molecule has 0 amide bonds. The molecular weight excluding hydrogens is 224 g/mol. The number of benzene rings is 1. The minimum Gasteiger partial charge on any atom is -0.494 e. The molecule has 3 nitrogen and oxygen atoms in total. The molecule has 3 heteroatoms. The summed E-state index contributed by atoms with van der Waals surface area (Å²) in [6.07, 6.45) is 5.54. The number of methoxy groups -OCH3 is 1. The van der Waals surface area contributed by atoms with E-state index in [9.17, 15) is 0 Å². The van der Waals surface area contributed by atoms with Gasteiger partial charge in [-0.15, -0.1) is 0 Å². The molecule has 18 heavy (non-hydrogen) atoms. The third-order valence-corrected chi connectivity index (χ3v) is 3.13. The number of hydrogen-bond acceptors (Lipinski definition) is 2. The standard InChI is InChI=1S/C15H14N2O/c1-10-3-4-14-12(7-10)13(8-17-14)11-5-6-16-9-15(11)18-2/h3-9,17H,1-2H3. The molecule has 0 aliphatic carbocycles. The summed E-state index contributed by atoms with van der Waals surface area (Å²) in [7, 11) is 1.67. The van der Waals surface area contributed by atoms with Crippen molar-refractivity contribution in [2.24, 2.45) is 0 Å². The van der Waals surface area contributed by atoms with Gasteiger partial charge in [0.05, 0.1) is 13.3 Å². The van der Waals surface area contributed by atoms with Crippen LogP contribution in [0.3, 0.4) is 0 Å². The van der Waals surface area contributed by atoms with Gasteiger partial charge in [-0.25, -0.2) is 0 Å². The minimum absolute atomic E-state index is 0.792. The second-order valence-electron chi connectivity index (χ2n) is 4.33. The third-order valence-electron chi connectivity index (χ3n) is 3.13. The van der Waals surface area contributed by atoms with Gasteiger partial charge in [0, 0.05) is 34.4 Å². The van der Waals surface area contributed by atoms with Crippen LogP contribution in [0.5, 0.6) is 5.75 Å². The summed E-state index contributed by atoms with van der Waals surface area (Å²) in [6, 6.07) is 8.36. The number of H-pyrrole nitrogens is 1. The van der Waals surface area contributed by atoms with Gasteiger partial charge < -0.3 is 9.72 Å². The van der Waals surface area contributed by atoms with Crippen LogP contribution in [0.2, 0.25) is 0 Å². The van der Waals surface area contributed by atoms with Crippen molar-refractivity contribution < 1.29 is 4.74 Å². The predicted molar refractivity (Wildman–Crippen MR) is 72.8 cm³/mol. The van der Waals surface area contributed by atoms with E-state index in [1.165, 1.54) is 10.9 Å². The lowest BCUT2D eigenvalue weighted by atomic mass is 10.0. The van der Waals surface area contributed by atoms with E-state index < -0.39 is 0 Å². The summed E-state index contributed by atoms with van der Waals surface area (Å²) in [5.74, 6) is 0.792. The third kappa shape index (κ3) is 1.64. The second kappa shape index (κ2) is 4.18. The summed E-state index contributed by atoms with van der Waals surface area (Å²) in [5.41, 5.74) is 4.59. The molecule has 0 fully saturated rings. The molecule has 2 heterocycles. The summed E-state index contributed by atoms with van der Waals surface area (Å²) in [6.45, 7) is 2.10. The van der Waals surface area contributed by atoms with E-state index in [2.05, 4.69) is 35.1 Å². The van der Waals surface area contributed by atoms with Gasteiger partial charge in [-0.05, 0) is 25.1 Å². The molecule has 0 aliphatic rings. The van der Waals surface area contributed by atoms with E-state index in [0.717, 1.165) is 22.4 Å². The van der Waals surface area contributed by atoms with Crippen molar-refractivity contribution in [1.29, 1.82) is 0 Å². The Morgan fingerprint density at radius 1 is 1.17 bits per heavy atom. The van der Waals surface area contributed by atoms with Crippen molar-refractivity contribution in [2.75, 3.05) is 7.11 Å². The highest BCUT2D eigenvalue weighted by atomic mass is 16.5. The van der Waals surface area contributed by atoms with Crippen LogP contribution in [0.15, 0.2) is 42.9 Å². The number of pyridine rings is 1. The maximum absolute atomic E-state index is 5.37. The quantitative estimate of drug-likeness (QED) is 0.741. The van der Waals surface area contributed by atoms with Crippen molar-refractivity contribution in [3.05, 3.63) is 48.4 Å². The van der Waals surface area contributed by atoms with Crippen LogP contribution in [0, 0.1) is 6.92 Å². The molecule has 0 saturated heterocycles. The smallest absolute Gasteiger partial charge is 0.145 e. The number of fused-ring (bicyclic) bond motifs is 1. The number of hydrogen-bond donors (Lipinski definition) is 1. The lowest BCUT2D eigenvalue weighted by Gasteiger charge is -2.06. The van der Waals surface area contributed by atoms with Crippen molar-refractivity contribution in [1.82, 2.24) is 9.97 Å². The Labute approximate surface area is 105 Å². The zero-order valence-electron chi connectivity index (χ0n) is 10.4. The van der Waals surface area contributed by atoms with Gasteiger partial charge in [-0.3, -0.25) is 4.98 Å². The van der Waals surface area contributed by atoms with Gasteiger partial charge in [-0.1, -0.05) is 11.6 Å². The zero-order chi connectivity index (χ0) is 12.5. The lowest BCUT2D eigenvalue weighted by molar-refractivity contribution is 0.414. The van der Waals surface area contributed by atoms with Gasteiger partial charge in [-0.2, -0.15) is 0 Å². The number of nitrogens with one attached hydrogen (secondary N) is 1. The molecule has 0 bridgehead atoms. The SMILES string of the molecule is COc1cnccc1-c1c[nH]c2ccc(C)cc12. The molecular formula is C15H14N2O. The van der Waals surface area contributed by atoms with Gasteiger partial charge in [0.1, 0.15) is 5.75 Å². The molecule has 0 unspecified atom stereocenters. The predicted octanol–water partition coefficient (Wildman–Crippen LogP) is 3.55. The van der Waals surface area contributed by atoms with E-state index in [4.69, 9.17) is 4.74 Å². The maximum atomic E-state index is 5.37. The number of aromatic amines is 1. The van der Waals surface area contributed by atoms with E-state index >= 15 is 0 Å². The number of nitrogens with zero attached hydrogens (tertiary/aromatic N) is 1. The van der Waals surface area contributed by atoms with Gasteiger partial charge in [0.15, 0.2) is 0 Å². The van der Waals surface area contributed by atoms with Crippen molar-refractivity contribution in [3.63, 3.8) is 0 Å². The monoisotopic (exact) mass is 238 g/mol.